The van der Waals surface area contributed by atoms with E-state index in [1.54, 1.807) is 18.2 Å². The van der Waals surface area contributed by atoms with Crippen LogP contribution in [0.2, 0.25) is 5.02 Å². The Bertz CT molecular complexity index is 1100. The van der Waals surface area contributed by atoms with Gasteiger partial charge in [0.1, 0.15) is 5.76 Å². The molecule has 0 saturated carbocycles. The number of amides is 1. The van der Waals surface area contributed by atoms with E-state index in [0.29, 0.717) is 20.9 Å². The lowest BCUT2D eigenvalue weighted by Gasteiger charge is -2.21. The lowest BCUT2D eigenvalue weighted by molar-refractivity contribution is -0.116. The Morgan fingerprint density at radius 1 is 1.17 bits per heavy atom. The molecule has 9 heteroatoms. The van der Waals surface area contributed by atoms with Gasteiger partial charge in [-0.15, -0.1) is 0 Å². The molecule has 1 heterocycles. The summed E-state index contributed by atoms with van der Waals surface area (Å²) in [5.74, 6) is -0.0505. The van der Waals surface area contributed by atoms with Crippen LogP contribution in [-0.4, -0.2) is 25.2 Å². The Kier molecular flexibility index (Phi) is 6.79. The molecule has 3 rings (SSSR count). The first-order valence-electron chi connectivity index (χ1n) is 8.60. The Balaban J connectivity index is 1.85. The minimum atomic E-state index is -3.96. The van der Waals surface area contributed by atoms with Crippen molar-refractivity contribution in [3.63, 3.8) is 0 Å². The summed E-state index contributed by atoms with van der Waals surface area (Å²) in [5.41, 5.74) is 1.59. The van der Waals surface area contributed by atoms with E-state index in [-0.39, 0.29) is 18.0 Å². The standard InChI is InChI=1S/C20H18BrClN2O4S/c1-14-4-9-19(18(21)11-14)23-20(25)13-24(12-16-3-2-10-28-16)29(26,27)17-7-5-15(22)6-8-17/h2-11H,12-13H2,1H3,(H,23,25). The number of benzene rings is 2. The van der Waals surface area contributed by atoms with Crippen molar-refractivity contribution in [2.45, 2.75) is 18.4 Å². The van der Waals surface area contributed by atoms with Crippen LogP contribution in [-0.2, 0) is 21.4 Å². The van der Waals surface area contributed by atoms with E-state index in [9.17, 15) is 13.2 Å². The van der Waals surface area contributed by atoms with E-state index in [1.165, 1.54) is 30.5 Å². The zero-order chi connectivity index (χ0) is 21.0. The number of carbonyl (C=O) groups is 1. The number of halogens is 2. The third-order valence-corrected chi connectivity index (χ3v) is 6.80. The van der Waals surface area contributed by atoms with Gasteiger partial charge in [0.05, 0.1) is 29.9 Å². The van der Waals surface area contributed by atoms with Gasteiger partial charge in [-0.05, 0) is 76.9 Å². The minimum absolute atomic E-state index is 0.0396. The molecule has 6 nitrogen and oxygen atoms in total. The van der Waals surface area contributed by atoms with Crippen molar-refractivity contribution in [2.24, 2.45) is 0 Å². The van der Waals surface area contributed by atoms with E-state index in [1.807, 2.05) is 19.1 Å². The number of hydrogen-bond donors (Lipinski definition) is 1. The van der Waals surface area contributed by atoms with Gasteiger partial charge < -0.3 is 9.73 Å². The molecule has 152 valence electrons. The highest BCUT2D eigenvalue weighted by Gasteiger charge is 2.28. The zero-order valence-electron chi connectivity index (χ0n) is 15.4. The van der Waals surface area contributed by atoms with Crippen molar-refractivity contribution < 1.29 is 17.6 Å². The fourth-order valence-corrected chi connectivity index (χ4v) is 4.71. The first-order valence-corrected chi connectivity index (χ1v) is 11.2. The average Bonchev–Trinajstić information content (AvgIpc) is 3.17. The summed E-state index contributed by atoms with van der Waals surface area (Å²) in [6.45, 7) is 1.46. The summed E-state index contributed by atoms with van der Waals surface area (Å²) < 4.78 is 33.3. The number of nitrogens with one attached hydrogen (secondary N) is 1. The van der Waals surface area contributed by atoms with Gasteiger partial charge in [0.25, 0.3) is 0 Å². The van der Waals surface area contributed by atoms with Crippen LogP contribution in [0.4, 0.5) is 5.69 Å². The third kappa shape index (κ3) is 5.48. The molecule has 2 aromatic carbocycles. The number of carbonyl (C=O) groups excluding carboxylic acids is 1. The molecule has 0 aliphatic rings. The number of aryl methyl sites for hydroxylation is 1. The van der Waals surface area contributed by atoms with Crippen LogP contribution < -0.4 is 5.32 Å². The molecule has 0 radical (unpaired) electrons. The second-order valence-corrected chi connectivity index (χ2v) is 9.57. The van der Waals surface area contributed by atoms with Gasteiger partial charge in [0.15, 0.2) is 0 Å². The van der Waals surface area contributed by atoms with Gasteiger partial charge in [0, 0.05) is 9.50 Å². The van der Waals surface area contributed by atoms with Crippen molar-refractivity contribution in [3.05, 3.63) is 81.7 Å². The summed E-state index contributed by atoms with van der Waals surface area (Å²) in [7, 11) is -3.96. The molecule has 0 aliphatic heterocycles. The molecule has 0 atom stereocenters. The number of rotatable bonds is 7. The van der Waals surface area contributed by atoms with E-state index < -0.39 is 15.9 Å². The lowest BCUT2D eigenvalue weighted by Crippen LogP contribution is -2.37. The van der Waals surface area contributed by atoms with Gasteiger partial charge in [0.2, 0.25) is 15.9 Å². The first-order chi connectivity index (χ1) is 13.8. The molecular weight excluding hydrogens is 480 g/mol. The van der Waals surface area contributed by atoms with Crippen LogP contribution in [0, 0.1) is 6.92 Å². The lowest BCUT2D eigenvalue weighted by atomic mass is 10.2. The molecule has 0 spiro atoms. The normalized spacial score (nSPS) is 11.6. The summed E-state index contributed by atoms with van der Waals surface area (Å²) in [6, 6.07) is 14.6. The summed E-state index contributed by atoms with van der Waals surface area (Å²) in [5, 5.41) is 3.16. The van der Waals surface area contributed by atoms with Crippen LogP contribution in [0.15, 0.2) is 74.6 Å². The Hall–Kier alpha value is -2.13. The van der Waals surface area contributed by atoms with Crippen LogP contribution in [0.25, 0.3) is 0 Å². The molecule has 1 N–H and O–H groups in total. The monoisotopic (exact) mass is 496 g/mol. The van der Waals surface area contributed by atoms with Crippen LogP contribution >= 0.6 is 27.5 Å². The Morgan fingerprint density at radius 3 is 2.52 bits per heavy atom. The molecule has 0 aliphatic carbocycles. The van der Waals surface area contributed by atoms with Crippen LogP contribution in [0.1, 0.15) is 11.3 Å². The molecule has 0 bridgehead atoms. The van der Waals surface area contributed by atoms with E-state index >= 15 is 0 Å². The number of hydrogen-bond acceptors (Lipinski definition) is 4. The highest BCUT2D eigenvalue weighted by molar-refractivity contribution is 9.10. The fraction of sp³-hybridized carbons (Fsp3) is 0.150. The average molecular weight is 498 g/mol. The highest BCUT2D eigenvalue weighted by atomic mass is 79.9. The predicted molar refractivity (Wildman–Crippen MR) is 115 cm³/mol. The molecule has 3 aromatic rings. The van der Waals surface area contributed by atoms with Gasteiger partial charge in [-0.2, -0.15) is 4.31 Å². The molecule has 29 heavy (non-hydrogen) atoms. The number of sulfonamides is 1. The van der Waals surface area contributed by atoms with E-state index in [4.69, 9.17) is 16.0 Å². The maximum Gasteiger partial charge on any atom is 0.243 e. The summed E-state index contributed by atoms with van der Waals surface area (Å²) in [4.78, 5) is 12.7. The molecular formula is C20H18BrClN2O4S. The first kappa shape index (κ1) is 21.6. The van der Waals surface area contributed by atoms with Gasteiger partial charge in [-0.25, -0.2) is 8.42 Å². The van der Waals surface area contributed by atoms with Crippen molar-refractivity contribution in [1.82, 2.24) is 4.31 Å². The van der Waals surface area contributed by atoms with Crippen molar-refractivity contribution in [3.8, 4) is 0 Å². The molecule has 0 saturated heterocycles. The van der Waals surface area contributed by atoms with Crippen molar-refractivity contribution in [2.75, 3.05) is 11.9 Å². The van der Waals surface area contributed by atoms with Crippen molar-refractivity contribution in [1.29, 1.82) is 0 Å². The summed E-state index contributed by atoms with van der Waals surface area (Å²) in [6.07, 6.45) is 1.45. The third-order valence-electron chi connectivity index (χ3n) is 4.08. The van der Waals surface area contributed by atoms with Crippen LogP contribution in [0.3, 0.4) is 0 Å². The van der Waals surface area contributed by atoms with Crippen LogP contribution in [0.5, 0.6) is 0 Å². The second-order valence-electron chi connectivity index (χ2n) is 6.34. The number of furan rings is 1. The minimum Gasteiger partial charge on any atom is -0.468 e. The smallest absolute Gasteiger partial charge is 0.243 e. The Labute approximate surface area is 182 Å². The predicted octanol–water partition coefficient (Wildman–Crippen LogP) is 4.83. The zero-order valence-corrected chi connectivity index (χ0v) is 18.6. The van der Waals surface area contributed by atoms with Gasteiger partial charge >= 0.3 is 0 Å². The van der Waals surface area contributed by atoms with E-state index in [0.717, 1.165) is 9.87 Å². The van der Waals surface area contributed by atoms with E-state index in [2.05, 4.69) is 21.2 Å². The molecule has 0 fully saturated rings. The number of nitrogens with zero attached hydrogens (tertiary/aromatic N) is 1. The molecule has 0 unspecified atom stereocenters. The van der Waals surface area contributed by atoms with Gasteiger partial charge in [-0.3, -0.25) is 4.79 Å². The molecule has 1 aromatic heterocycles. The maximum absolute atomic E-state index is 13.1. The van der Waals surface area contributed by atoms with Gasteiger partial charge in [-0.1, -0.05) is 17.7 Å². The largest absolute Gasteiger partial charge is 0.468 e. The second kappa shape index (κ2) is 9.13. The SMILES string of the molecule is Cc1ccc(NC(=O)CN(Cc2ccco2)S(=O)(=O)c2ccc(Cl)cc2)c(Br)c1. The highest BCUT2D eigenvalue weighted by Crippen LogP contribution is 2.24. The maximum atomic E-state index is 13.1. The Morgan fingerprint density at radius 2 is 1.90 bits per heavy atom. The number of anilines is 1. The quantitative estimate of drug-likeness (QED) is 0.507. The molecule has 1 amide bonds. The fourth-order valence-electron chi connectivity index (χ4n) is 2.63. The van der Waals surface area contributed by atoms with Crippen molar-refractivity contribution >= 4 is 49.1 Å². The topological polar surface area (TPSA) is 79.6 Å². The summed E-state index contributed by atoms with van der Waals surface area (Å²) >= 11 is 9.26.